The Morgan fingerprint density at radius 2 is 1.67 bits per heavy atom. The molecule has 0 amide bonds. The van der Waals surface area contributed by atoms with Gasteiger partial charge in [-0.2, -0.15) is 0 Å². The zero-order valence-electron chi connectivity index (χ0n) is 8.38. The van der Waals surface area contributed by atoms with Crippen LogP contribution in [0, 0.1) is 0 Å². The summed E-state index contributed by atoms with van der Waals surface area (Å²) in [5.41, 5.74) is 0. The highest BCUT2D eigenvalue weighted by Crippen LogP contribution is 1.99. The van der Waals surface area contributed by atoms with Crippen LogP contribution in [0.2, 0.25) is 0 Å². The van der Waals surface area contributed by atoms with Crippen LogP contribution >= 0.6 is 0 Å². The number of allylic oxidation sites excluding steroid dienone is 1. The predicted octanol–water partition coefficient (Wildman–Crippen LogP) is 2.74. The normalized spacial score (nSPS) is 11.7. The summed E-state index contributed by atoms with van der Waals surface area (Å²) in [5, 5.41) is 0. The van der Waals surface area contributed by atoms with Crippen LogP contribution in [0.25, 0.3) is 0 Å². The van der Waals surface area contributed by atoms with Crippen molar-refractivity contribution in [1.29, 1.82) is 0 Å². The van der Waals surface area contributed by atoms with Gasteiger partial charge in [-0.1, -0.05) is 19.4 Å². The Kier molecular flexibility index (Phi) is 8.51. The van der Waals surface area contributed by atoms with Gasteiger partial charge in [0.1, 0.15) is 0 Å². The Labute approximate surface area is 75.6 Å². The highest BCUT2D eigenvalue weighted by atomic mass is 16.7. The van der Waals surface area contributed by atoms with E-state index < -0.39 is 0 Å². The molecule has 0 bridgehead atoms. The van der Waals surface area contributed by atoms with E-state index in [0.717, 1.165) is 6.42 Å². The molecule has 0 aliphatic carbocycles. The van der Waals surface area contributed by atoms with Crippen LogP contribution in [-0.2, 0) is 9.47 Å². The van der Waals surface area contributed by atoms with E-state index in [1.807, 2.05) is 19.9 Å². The predicted molar refractivity (Wildman–Crippen MR) is 51.1 cm³/mol. The zero-order chi connectivity index (χ0) is 9.23. The fourth-order valence-electron chi connectivity index (χ4n) is 0.862. The molecule has 0 unspecified atom stereocenters. The maximum Gasteiger partial charge on any atom is 0.176 e. The molecule has 0 aromatic carbocycles. The third kappa shape index (κ3) is 6.38. The van der Waals surface area contributed by atoms with E-state index in [0.29, 0.717) is 13.2 Å². The summed E-state index contributed by atoms with van der Waals surface area (Å²) in [6, 6.07) is 0. The van der Waals surface area contributed by atoms with Crippen molar-refractivity contribution in [2.45, 2.75) is 39.9 Å². The van der Waals surface area contributed by atoms with E-state index in [2.05, 4.69) is 13.0 Å². The van der Waals surface area contributed by atoms with Crippen molar-refractivity contribution in [2.24, 2.45) is 0 Å². The lowest BCUT2D eigenvalue weighted by Crippen LogP contribution is -2.13. The second-order valence-electron chi connectivity index (χ2n) is 2.50. The van der Waals surface area contributed by atoms with E-state index >= 15 is 0 Å². The fourth-order valence-corrected chi connectivity index (χ4v) is 0.862. The lowest BCUT2D eigenvalue weighted by atomic mass is 10.3. The van der Waals surface area contributed by atoms with Crippen LogP contribution in [0.15, 0.2) is 12.2 Å². The van der Waals surface area contributed by atoms with Crippen molar-refractivity contribution in [1.82, 2.24) is 0 Å². The van der Waals surface area contributed by atoms with Gasteiger partial charge in [0.15, 0.2) is 6.29 Å². The number of ether oxygens (including phenoxy) is 2. The quantitative estimate of drug-likeness (QED) is 0.434. The summed E-state index contributed by atoms with van der Waals surface area (Å²) in [6.45, 7) is 7.49. The molecule has 2 nitrogen and oxygen atoms in total. The van der Waals surface area contributed by atoms with E-state index in [1.165, 1.54) is 6.42 Å². The van der Waals surface area contributed by atoms with E-state index in [4.69, 9.17) is 9.47 Å². The molecule has 0 aliphatic heterocycles. The molecule has 0 saturated carbocycles. The van der Waals surface area contributed by atoms with Crippen LogP contribution in [-0.4, -0.2) is 19.5 Å². The number of unbranched alkanes of at least 4 members (excludes halogenated alkanes) is 1. The van der Waals surface area contributed by atoms with Gasteiger partial charge in [0.25, 0.3) is 0 Å². The molecular formula is C10H20O2. The summed E-state index contributed by atoms with van der Waals surface area (Å²) in [4.78, 5) is 0. The molecule has 0 spiro atoms. The Morgan fingerprint density at radius 3 is 2.08 bits per heavy atom. The minimum absolute atomic E-state index is 0.147. The minimum Gasteiger partial charge on any atom is -0.349 e. The van der Waals surface area contributed by atoms with Crippen molar-refractivity contribution in [3.05, 3.63) is 12.2 Å². The molecule has 72 valence electrons. The molecule has 0 aliphatic rings. The van der Waals surface area contributed by atoms with Crippen molar-refractivity contribution in [2.75, 3.05) is 13.2 Å². The van der Waals surface area contributed by atoms with Gasteiger partial charge in [-0.05, 0) is 26.3 Å². The number of hydrogen-bond donors (Lipinski definition) is 0. The molecule has 12 heavy (non-hydrogen) atoms. The molecule has 0 atom stereocenters. The van der Waals surface area contributed by atoms with Crippen molar-refractivity contribution in [3.63, 3.8) is 0 Å². The highest BCUT2D eigenvalue weighted by molar-refractivity contribution is 4.84. The van der Waals surface area contributed by atoms with Crippen LogP contribution in [0.1, 0.15) is 33.6 Å². The second-order valence-corrected chi connectivity index (χ2v) is 2.50. The van der Waals surface area contributed by atoms with Gasteiger partial charge in [-0.25, -0.2) is 0 Å². The molecule has 0 N–H and O–H groups in total. The molecule has 0 radical (unpaired) electrons. The Morgan fingerprint density at radius 1 is 1.08 bits per heavy atom. The minimum atomic E-state index is -0.147. The standard InChI is InChI=1S/C10H20O2/c1-4-7-8-9-10(11-5-2)12-6-3/h8-10H,4-7H2,1-3H3/b9-8-. The molecule has 0 fully saturated rings. The van der Waals surface area contributed by atoms with Crippen LogP contribution in [0.3, 0.4) is 0 Å². The third-order valence-corrected chi connectivity index (χ3v) is 1.41. The average Bonchev–Trinajstić information content (AvgIpc) is 2.06. The zero-order valence-corrected chi connectivity index (χ0v) is 8.38. The third-order valence-electron chi connectivity index (χ3n) is 1.41. The van der Waals surface area contributed by atoms with Crippen molar-refractivity contribution in [3.8, 4) is 0 Å². The first kappa shape index (κ1) is 11.7. The molecule has 0 aromatic heterocycles. The molecule has 0 heterocycles. The van der Waals surface area contributed by atoms with Gasteiger partial charge < -0.3 is 9.47 Å². The Bertz CT molecular complexity index is 104. The first-order valence-electron chi connectivity index (χ1n) is 4.74. The average molecular weight is 172 g/mol. The molecule has 0 aromatic rings. The number of rotatable bonds is 7. The van der Waals surface area contributed by atoms with E-state index in [-0.39, 0.29) is 6.29 Å². The topological polar surface area (TPSA) is 18.5 Å². The molecular weight excluding hydrogens is 152 g/mol. The van der Waals surface area contributed by atoms with Crippen LogP contribution in [0.4, 0.5) is 0 Å². The second kappa shape index (κ2) is 8.75. The lowest BCUT2D eigenvalue weighted by Gasteiger charge is -2.11. The van der Waals surface area contributed by atoms with Crippen molar-refractivity contribution < 1.29 is 9.47 Å². The number of hydrogen-bond acceptors (Lipinski definition) is 2. The first-order valence-corrected chi connectivity index (χ1v) is 4.74. The summed E-state index contributed by atoms with van der Waals surface area (Å²) in [7, 11) is 0. The summed E-state index contributed by atoms with van der Waals surface area (Å²) >= 11 is 0. The summed E-state index contributed by atoms with van der Waals surface area (Å²) in [5.74, 6) is 0. The summed E-state index contributed by atoms with van der Waals surface area (Å²) < 4.78 is 10.6. The van der Waals surface area contributed by atoms with E-state index in [1.54, 1.807) is 0 Å². The first-order chi connectivity index (χ1) is 5.85. The maximum absolute atomic E-state index is 5.32. The van der Waals surface area contributed by atoms with Gasteiger partial charge in [-0.15, -0.1) is 0 Å². The Balaban J connectivity index is 3.60. The van der Waals surface area contributed by atoms with E-state index in [9.17, 15) is 0 Å². The highest BCUT2D eigenvalue weighted by Gasteiger charge is 2.00. The van der Waals surface area contributed by atoms with Crippen LogP contribution < -0.4 is 0 Å². The smallest absolute Gasteiger partial charge is 0.176 e. The Hall–Kier alpha value is -0.340. The maximum atomic E-state index is 5.32. The van der Waals surface area contributed by atoms with Gasteiger partial charge in [-0.3, -0.25) is 0 Å². The van der Waals surface area contributed by atoms with Crippen LogP contribution in [0.5, 0.6) is 0 Å². The summed E-state index contributed by atoms with van der Waals surface area (Å²) in [6.07, 6.45) is 6.21. The van der Waals surface area contributed by atoms with Gasteiger partial charge in [0.2, 0.25) is 0 Å². The SMILES string of the molecule is CCC/C=C\C(OCC)OCC. The van der Waals surface area contributed by atoms with Gasteiger partial charge in [0, 0.05) is 13.2 Å². The van der Waals surface area contributed by atoms with Gasteiger partial charge >= 0.3 is 0 Å². The fraction of sp³-hybridized carbons (Fsp3) is 0.800. The lowest BCUT2D eigenvalue weighted by molar-refractivity contribution is -0.104. The molecule has 0 rings (SSSR count). The van der Waals surface area contributed by atoms with Gasteiger partial charge in [0.05, 0.1) is 0 Å². The molecule has 2 heteroatoms. The monoisotopic (exact) mass is 172 g/mol. The van der Waals surface area contributed by atoms with Crippen molar-refractivity contribution >= 4 is 0 Å². The largest absolute Gasteiger partial charge is 0.349 e. The molecule has 0 saturated heterocycles.